The molecule has 5 aliphatic heterocycles. The van der Waals surface area contributed by atoms with Gasteiger partial charge in [0.05, 0.1) is 72.8 Å². The van der Waals surface area contributed by atoms with Crippen LogP contribution in [-0.4, -0.2) is 165 Å². The molecule has 0 spiro atoms. The highest BCUT2D eigenvalue weighted by Gasteiger charge is 2.32. The first kappa shape index (κ1) is 108. The fourth-order valence-electron chi connectivity index (χ4n) is 19.2. The number of nitriles is 3. The predicted molar refractivity (Wildman–Crippen MR) is 552 cm³/mol. The summed E-state index contributed by atoms with van der Waals surface area (Å²) in [5.74, 6) is 3.12. The summed E-state index contributed by atoms with van der Waals surface area (Å²) in [4.78, 5) is 53.9. The Balaban J connectivity index is 0.000000188. The van der Waals surface area contributed by atoms with Gasteiger partial charge >= 0.3 is 6.08 Å². The van der Waals surface area contributed by atoms with Gasteiger partial charge in [-0.15, -0.1) is 0 Å². The minimum Gasteiger partial charge on any atom is -0.410 e. The average Bonchev–Trinajstić information content (AvgIpc) is 1.63. The zero-order valence-corrected chi connectivity index (χ0v) is 82.1. The number of fused-ring (bicyclic) bond motifs is 1. The second-order valence-corrected chi connectivity index (χ2v) is 36.7. The number of nitrogen functional groups attached to an aromatic ring is 3. The summed E-state index contributed by atoms with van der Waals surface area (Å²) < 4.78 is 14.0. The number of hydrogen-bond donors (Lipinski definition) is 6. The Hall–Kier alpha value is -9.75. The van der Waals surface area contributed by atoms with E-state index in [4.69, 9.17) is 48.2 Å². The number of Topliss-reactive ketones (excluding diaryl/α,β-unsaturated/α-hetero) is 3. The topological polar surface area (TPSA) is 312 Å². The number of nitrogens with one attached hydrogen (secondary N) is 2. The number of rotatable bonds is 13. The van der Waals surface area contributed by atoms with Gasteiger partial charge in [-0.2, -0.15) is 15.8 Å². The molecule has 132 heavy (non-hydrogen) atoms. The number of nitrogens with two attached hydrogens (primary N) is 4. The predicted octanol–water partition coefficient (Wildman–Crippen LogP) is 23.0. The van der Waals surface area contributed by atoms with E-state index in [1.165, 1.54) is 224 Å². The van der Waals surface area contributed by atoms with Crippen molar-refractivity contribution in [3.63, 3.8) is 0 Å². The highest BCUT2D eigenvalue weighted by molar-refractivity contribution is 14.1. The van der Waals surface area contributed by atoms with Crippen LogP contribution in [-0.2, 0) is 27.5 Å². The minimum absolute atomic E-state index is 0.102. The van der Waals surface area contributed by atoms with Crippen molar-refractivity contribution in [2.24, 2.45) is 10.7 Å². The number of nitrogens with zero attached hydrogens (tertiary/aromatic N) is 11. The molecule has 0 atom stereocenters. The summed E-state index contributed by atoms with van der Waals surface area (Å²) in [5, 5.41) is 31.5. The van der Waals surface area contributed by atoms with Gasteiger partial charge in [0.1, 0.15) is 35.4 Å². The lowest BCUT2D eigenvalue weighted by atomic mass is 9.93. The smallest absolute Gasteiger partial charge is 0.410 e. The fourth-order valence-corrected chi connectivity index (χ4v) is 19.2. The van der Waals surface area contributed by atoms with Crippen LogP contribution in [0.15, 0.2) is 199 Å². The third kappa shape index (κ3) is 41.8. The van der Waals surface area contributed by atoms with Gasteiger partial charge in [0, 0.05) is 133 Å². The van der Waals surface area contributed by atoms with Crippen molar-refractivity contribution in [3.8, 4) is 30.0 Å². The number of aliphatic imine (C=N–C) groups is 1. The summed E-state index contributed by atoms with van der Waals surface area (Å²) in [6.07, 6.45) is 52.1. The van der Waals surface area contributed by atoms with Gasteiger partial charge in [-0.3, -0.25) is 29.5 Å². The molecule has 0 amide bonds. The molecule has 7 aromatic carbocycles. The Bertz CT molecular complexity index is 4510. The number of carbonyl (C=O) groups is 3. The number of hydrogen-bond acceptors (Lipinski definition) is 20. The molecule has 8 aromatic rings. The molecule has 9 aliphatic rings. The minimum atomic E-state index is -0.102. The van der Waals surface area contributed by atoms with Crippen molar-refractivity contribution in [3.05, 3.63) is 205 Å². The Labute approximate surface area is 805 Å². The van der Waals surface area contributed by atoms with E-state index in [0.717, 1.165) is 162 Å². The van der Waals surface area contributed by atoms with E-state index < -0.39 is 0 Å². The van der Waals surface area contributed by atoms with Crippen molar-refractivity contribution in [2.75, 3.05) is 105 Å². The standard InChI is InChI=1S/C21H29N5.C19H31N3.C14H10N2O2.C13H18NO.C13H23NO.C12H15NO.C8H17N.C6H8N2.C2H3N.CH3I/c22-16-23-21-24-19-10-6-7-11-20(19)26(21)18-12-14-25(15-13-18)17-8-4-2-1-3-5-9-17;20-18-10-6-7-11-19(18)21-16-12-14-22(15-13-16)17-8-4-2-1-3-5-9-17;15-11-16-14(17-12-7-3-1-4-8-12)18-13-9-5-2-6-10-13;1-14(9-7-13(15)8-10-14)11-12-5-3-2-4-6-12;15-13-8-10-14(11-9-13)12-6-4-2-1-3-5-7-12;14-12-6-8-13(9-7-12)10-11-4-2-1-3-5-11;9-8-6-4-2-1-3-5-7-8;7-5-3-1-2-4-6(5)8;1-2-3;1-2/h6-7,10-11,17-18H,1-5,8-9,12-15H2,(H,23,24);6-7,10-11,16-17,21H,1-5,8-9,12-15,20H2;1-10H;2-6H,7-11H2,1H3;12H,1-11H2;1-5H,6-10H2;8H,1-7,9H2;1-4H,7-8H2;1H3;1H3/q;;;+1;;;;;;. The van der Waals surface area contributed by atoms with Crippen LogP contribution in [0.4, 0.5) is 28.7 Å². The van der Waals surface area contributed by atoms with E-state index in [1.54, 1.807) is 48.7 Å². The maximum absolute atomic E-state index is 11.2. The highest BCUT2D eigenvalue weighted by Crippen LogP contribution is 2.35. The van der Waals surface area contributed by atoms with Crippen molar-refractivity contribution >= 4 is 85.8 Å². The Morgan fingerprint density at radius 2 is 0.803 bits per heavy atom. The van der Waals surface area contributed by atoms with Crippen LogP contribution in [0, 0.1) is 34.2 Å². The molecule has 1 aromatic heterocycles. The molecule has 17 rings (SSSR count). The maximum atomic E-state index is 11.2. The number of ether oxygens (including phenoxy) is 2. The molecular formula is C109H157IN17O5+. The van der Waals surface area contributed by atoms with Crippen LogP contribution in [0.3, 0.4) is 0 Å². The third-order valence-corrected chi connectivity index (χ3v) is 26.7. The molecule has 9 fully saturated rings. The van der Waals surface area contributed by atoms with Gasteiger partial charge in [0.2, 0.25) is 12.1 Å². The largest absolute Gasteiger partial charge is 0.410 e. The SMILES string of the molecule is CC#N.CI.C[N+]1(Cc2ccccc2)CCC(=O)CC1.N#CN=C(Oc1ccccc1)Oc1ccccc1.N#CNc1nc2ccccc2n1C1CCN(C2CCCCCCC2)CC1.NC1CCCCCCC1.Nc1ccccc1N.Nc1ccccc1NC1CCN(C2CCCCCCC2)CC1.O=C1CCN(C2CCCCCCC2)CC1.O=C1CCN(Cc2ccccc2)CC1. The summed E-state index contributed by atoms with van der Waals surface area (Å²) in [6.45, 7) is 14.2. The molecule has 5 saturated heterocycles. The van der Waals surface area contributed by atoms with E-state index >= 15 is 0 Å². The number of halogens is 1. The van der Waals surface area contributed by atoms with Crippen LogP contribution in [0.5, 0.6) is 11.5 Å². The normalized spacial score (nSPS) is 18.9. The first-order valence-corrected chi connectivity index (χ1v) is 51.8. The molecular weight excluding hydrogens is 1750 g/mol. The van der Waals surface area contributed by atoms with Gasteiger partial charge < -0.3 is 56.6 Å². The summed E-state index contributed by atoms with van der Waals surface area (Å²) >= 11 is 2.15. The Morgan fingerprint density at radius 3 is 1.23 bits per heavy atom. The monoisotopic (exact) mass is 1910 g/mol. The molecule has 6 heterocycles. The van der Waals surface area contributed by atoms with Gasteiger partial charge in [0.25, 0.3) is 0 Å². The van der Waals surface area contributed by atoms with Crippen molar-refractivity contribution in [2.45, 2.75) is 300 Å². The number of anilines is 5. The summed E-state index contributed by atoms with van der Waals surface area (Å²) in [7, 11) is 2.25. The maximum Gasteiger partial charge on any atom is 0.410 e. The van der Waals surface area contributed by atoms with Crippen molar-refractivity contribution in [1.82, 2.24) is 29.2 Å². The van der Waals surface area contributed by atoms with Crippen LogP contribution in [0.1, 0.15) is 268 Å². The number of para-hydroxylation sites is 8. The summed E-state index contributed by atoms with van der Waals surface area (Å²) in [5.41, 5.74) is 30.7. The second-order valence-electron chi connectivity index (χ2n) is 36.7. The first-order chi connectivity index (χ1) is 64.6. The number of aromatic nitrogens is 2. The van der Waals surface area contributed by atoms with E-state index in [-0.39, 0.29) is 6.08 Å². The molecule has 0 radical (unpaired) electrons. The van der Waals surface area contributed by atoms with Crippen LogP contribution in [0.25, 0.3) is 11.0 Å². The Morgan fingerprint density at radius 1 is 0.439 bits per heavy atom. The lowest BCUT2D eigenvalue weighted by Crippen LogP contribution is -2.49. The number of alkyl halides is 1. The number of quaternary nitrogens is 1. The number of benzene rings is 7. The quantitative estimate of drug-likeness (QED) is 0.00913. The van der Waals surface area contributed by atoms with Crippen molar-refractivity contribution in [1.29, 1.82) is 15.8 Å². The van der Waals surface area contributed by atoms with E-state index in [2.05, 4.69) is 153 Å². The Kier molecular flexibility index (Phi) is 52.3. The van der Waals surface area contributed by atoms with Crippen molar-refractivity contribution < 1.29 is 28.3 Å². The molecule has 714 valence electrons. The average molecular weight is 1910 g/mol. The molecule has 22 nitrogen and oxygen atoms in total. The van der Waals surface area contributed by atoms with Gasteiger partial charge in [-0.25, -0.2) is 4.98 Å². The number of likely N-dealkylation sites (tertiary alicyclic amines) is 5. The van der Waals surface area contributed by atoms with E-state index in [0.29, 0.717) is 64.3 Å². The molecule has 10 N–H and O–H groups in total. The first-order valence-electron chi connectivity index (χ1n) is 49.7. The molecule has 23 heteroatoms. The lowest BCUT2D eigenvalue weighted by molar-refractivity contribution is -0.923. The zero-order valence-electron chi connectivity index (χ0n) is 79.9. The molecule has 0 bridgehead atoms. The van der Waals surface area contributed by atoms with Crippen LogP contribution < -0.4 is 43.0 Å². The number of piperidine rings is 5. The van der Waals surface area contributed by atoms with E-state index in [1.807, 2.05) is 89.9 Å². The second kappa shape index (κ2) is 64.2. The number of ketones is 3. The molecule has 4 saturated carbocycles. The van der Waals surface area contributed by atoms with Crippen LogP contribution in [0.2, 0.25) is 0 Å². The van der Waals surface area contributed by atoms with E-state index in [9.17, 15) is 14.4 Å². The number of carbonyl (C=O) groups excluding carboxylic acids is 3. The zero-order chi connectivity index (χ0) is 93.9. The lowest BCUT2D eigenvalue weighted by Gasteiger charge is -2.39. The number of imidazole rings is 1. The molecule has 4 aliphatic carbocycles. The van der Waals surface area contributed by atoms with Gasteiger partial charge in [-0.1, -0.05) is 289 Å². The fraction of sp³-hybridized carbons (Fsp3) is 0.541. The highest BCUT2D eigenvalue weighted by atomic mass is 127. The van der Waals surface area contributed by atoms with Gasteiger partial charge in [0.15, 0.2) is 6.19 Å². The third-order valence-electron chi connectivity index (χ3n) is 26.7. The van der Waals surface area contributed by atoms with Gasteiger partial charge in [-0.05, 0) is 148 Å². The molecule has 0 unspecified atom stereocenters. The van der Waals surface area contributed by atoms with Crippen LogP contribution >= 0.6 is 22.6 Å². The summed E-state index contributed by atoms with van der Waals surface area (Å²) in [6, 6.07) is 68.3.